The molecule has 0 bridgehead atoms. The summed E-state index contributed by atoms with van der Waals surface area (Å²) in [6.45, 7) is 0.00370. The number of amides is 2. The first kappa shape index (κ1) is 25.5. The average molecular weight is 502 g/mol. The highest BCUT2D eigenvalue weighted by atomic mass is 32.2. The molecule has 0 spiro atoms. The molecule has 7 heteroatoms. The minimum atomic E-state index is -0.266. The lowest BCUT2D eigenvalue weighted by Gasteiger charge is -2.22. The summed E-state index contributed by atoms with van der Waals surface area (Å²) in [5.41, 5.74) is 5.07. The lowest BCUT2D eigenvalue weighted by Crippen LogP contribution is -2.38. The van der Waals surface area contributed by atoms with Gasteiger partial charge in [-0.2, -0.15) is 5.10 Å². The van der Waals surface area contributed by atoms with E-state index in [0.29, 0.717) is 11.3 Å². The predicted molar refractivity (Wildman–Crippen MR) is 144 cm³/mol. The fourth-order valence-electron chi connectivity index (χ4n) is 3.98. The summed E-state index contributed by atoms with van der Waals surface area (Å²) in [6, 6.07) is 25.2. The Morgan fingerprint density at radius 1 is 0.917 bits per heavy atom. The van der Waals surface area contributed by atoms with Crippen LogP contribution in [0.5, 0.6) is 5.75 Å². The van der Waals surface area contributed by atoms with E-state index in [1.807, 2.05) is 54.6 Å². The van der Waals surface area contributed by atoms with Crippen molar-refractivity contribution in [1.82, 2.24) is 10.7 Å². The third-order valence-electron chi connectivity index (χ3n) is 5.96. The molecule has 3 aromatic rings. The fraction of sp³-hybridized carbons (Fsp3) is 0.276. The number of nitrogens with zero attached hydrogens (tertiary/aromatic N) is 1. The first-order chi connectivity index (χ1) is 17.7. The maximum Gasteiger partial charge on any atom is 0.271 e. The highest BCUT2D eigenvalue weighted by Crippen LogP contribution is 2.22. The number of nitrogens with one attached hydrogen (secondary N) is 2. The van der Waals surface area contributed by atoms with Crippen LogP contribution >= 0.6 is 11.8 Å². The number of hydrazone groups is 1. The van der Waals surface area contributed by atoms with Gasteiger partial charge in [-0.3, -0.25) is 9.59 Å². The summed E-state index contributed by atoms with van der Waals surface area (Å²) in [5, 5.41) is 7.09. The summed E-state index contributed by atoms with van der Waals surface area (Å²) in [5.74, 6) is 1.10. The zero-order chi connectivity index (χ0) is 25.0. The second kappa shape index (κ2) is 13.5. The molecule has 1 saturated carbocycles. The molecule has 1 fully saturated rings. The Hall–Kier alpha value is -3.58. The number of ether oxygens (including phenoxy) is 1. The Morgan fingerprint density at radius 3 is 2.36 bits per heavy atom. The first-order valence-corrected chi connectivity index (χ1v) is 13.3. The molecule has 0 heterocycles. The molecule has 1 aliphatic carbocycles. The number of carbonyl (C=O) groups excluding carboxylic acids is 2. The maximum atomic E-state index is 12.4. The normalized spacial score (nSPS) is 13.9. The smallest absolute Gasteiger partial charge is 0.271 e. The van der Waals surface area contributed by atoms with Crippen LogP contribution < -0.4 is 15.5 Å². The summed E-state index contributed by atoms with van der Waals surface area (Å²) in [7, 11) is 0. The molecule has 1 aliphatic rings. The second-order valence-corrected chi connectivity index (χ2v) is 9.81. The van der Waals surface area contributed by atoms with Crippen LogP contribution in [0.4, 0.5) is 0 Å². The van der Waals surface area contributed by atoms with Crippen LogP contribution in [-0.4, -0.2) is 30.7 Å². The molecule has 2 N–H and O–H groups in total. The fourth-order valence-corrected chi connectivity index (χ4v) is 4.86. The molecule has 186 valence electrons. The number of benzene rings is 3. The number of hydrogen-bond donors (Lipinski definition) is 2. The maximum absolute atomic E-state index is 12.4. The van der Waals surface area contributed by atoms with Crippen LogP contribution in [-0.2, 0) is 10.5 Å². The van der Waals surface area contributed by atoms with Crippen LogP contribution in [0.25, 0.3) is 0 Å². The molecule has 0 saturated heterocycles. The van der Waals surface area contributed by atoms with Crippen molar-refractivity contribution >= 4 is 29.8 Å². The largest absolute Gasteiger partial charge is 0.484 e. The molecule has 0 radical (unpaired) electrons. The van der Waals surface area contributed by atoms with E-state index in [-0.39, 0.29) is 24.5 Å². The summed E-state index contributed by atoms with van der Waals surface area (Å²) in [6.07, 6.45) is 7.28. The predicted octanol–water partition coefficient (Wildman–Crippen LogP) is 5.57. The number of hydrogen-bond acceptors (Lipinski definition) is 5. The lowest BCUT2D eigenvalue weighted by atomic mass is 9.95. The van der Waals surface area contributed by atoms with Crippen LogP contribution in [0.15, 0.2) is 88.9 Å². The monoisotopic (exact) mass is 501 g/mol. The van der Waals surface area contributed by atoms with Gasteiger partial charge in [0.15, 0.2) is 6.61 Å². The van der Waals surface area contributed by atoms with Crippen molar-refractivity contribution in [3.8, 4) is 5.75 Å². The Bertz CT molecular complexity index is 1140. The van der Waals surface area contributed by atoms with E-state index in [1.54, 1.807) is 30.1 Å². The van der Waals surface area contributed by atoms with E-state index in [4.69, 9.17) is 4.74 Å². The molecule has 0 aliphatic heterocycles. The van der Waals surface area contributed by atoms with Gasteiger partial charge >= 0.3 is 0 Å². The molecule has 2 amide bonds. The van der Waals surface area contributed by atoms with Gasteiger partial charge < -0.3 is 10.1 Å². The van der Waals surface area contributed by atoms with E-state index in [2.05, 4.69) is 28.0 Å². The molecule has 4 rings (SSSR count). The second-order valence-electron chi connectivity index (χ2n) is 8.76. The van der Waals surface area contributed by atoms with E-state index in [9.17, 15) is 9.59 Å². The third-order valence-corrected chi connectivity index (χ3v) is 7.05. The van der Waals surface area contributed by atoms with Gasteiger partial charge in [-0.25, -0.2) is 5.43 Å². The van der Waals surface area contributed by atoms with E-state index < -0.39 is 0 Å². The van der Waals surface area contributed by atoms with E-state index in [1.165, 1.54) is 24.2 Å². The highest BCUT2D eigenvalue weighted by molar-refractivity contribution is 7.98. The number of rotatable bonds is 10. The Kier molecular flexibility index (Phi) is 9.56. The highest BCUT2D eigenvalue weighted by Gasteiger charge is 2.15. The topological polar surface area (TPSA) is 79.8 Å². The number of carbonyl (C=O) groups is 2. The van der Waals surface area contributed by atoms with Crippen molar-refractivity contribution in [2.45, 2.75) is 48.8 Å². The molecule has 0 unspecified atom stereocenters. The van der Waals surface area contributed by atoms with Crippen LogP contribution in [0, 0.1) is 0 Å². The minimum Gasteiger partial charge on any atom is -0.484 e. The molecule has 3 aromatic carbocycles. The van der Waals surface area contributed by atoms with Gasteiger partial charge in [0.2, 0.25) is 0 Å². The SMILES string of the molecule is O=C(COc1ccc(/C=N\NC(=O)c2ccc(CSc3ccccc3)cc2)cc1)NC1CCCCC1. The van der Waals surface area contributed by atoms with Crippen LogP contribution in [0.3, 0.4) is 0 Å². The Labute approximate surface area is 216 Å². The number of thioether (sulfide) groups is 1. The van der Waals surface area contributed by atoms with Gasteiger partial charge in [0.25, 0.3) is 11.8 Å². The minimum absolute atomic E-state index is 0.00370. The van der Waals surface area contributed by atoms with Crippen molar-refractivity contribution < 1.29 is 14.3 Å². The summed E-state index contributed by atoms with van der Waals surface area (Å²) >= 11 is 1.76. The van der Waals surface area contributed by atoms with Crippen molar-refractivity contribution in [2.75, 3.05) is 6.61 Å². The molecule has 0 atom stereocenters. The lowest BCUT2D eigenvalue weighted by molar-refractivity contribution is -0.124. The van der Waals surface area contributed by atoms with Gasteiger partial charge in [-0.1, -0.05) is 49.6 Å². The zero-order valence-corrected chi connectivity index (χ0v) is 21.0. The van der Waals surface area contributed by atoms with Crippen LogP contribution in [0.2, 0.25) is 0 Å². The molecule has 36 heavy (non-hydrogen) atoms. The van der Waals surface area contributed by atoms with Crippen molar-refractivity contribution in [1.29, 1.82) is 0 Å². The van der Waals surface area contributed by atoms with E-state index >= 15 is 0 Å². The van der Waals surface area contributed by atoms with E-state index in [0.717, 1.165) is 29.7 Å². The van der Waals surface area contributed by atoms with Gasteiger partial charge in [0.05, 0.1) is 6.21 Å². The van der Waals surface area contributed by atoms with Crippen LogP contribution in [0.1, 0.15) is 53.6 Å². The van der Waals surface area contributed by atoms with Crippen molar-refractivity contribution in [2.24, 2.45) is 5.10 Å². The van der Waals surface area contributed by atoms with Gasteiger partial charge in [-0.05, 0) is 72.5 Å². The molecule has 0 aromatic heterocycles. The summed E-state index contributed by atoms with van der Waals surface area (Å²) < 4.78 is 5.59. The Morgan fingerprint density at radius 2 is 1.64 bits per heavy atom. The standard InChI is InChI=1S/C29H31N3O3S/c33-28(31-25-7-3-1-4-8-25)20-35-26-17-13-22(14-18-26)19-30-32-29(34)24-15-11-23(12-16-24)21-36-27-9-5-2-6-10-27/h2,5-6,9-19,25H,1,3-4,7-8,20-21H2,(H,31,33)(H,32,34)/b30-19-. The quantitative estimate of drug-likeness (QED) is 0.216. The molecular weight excluding hydrogens is 470 g/mol. The Balaban J connectivity index is 1.18. The zero-order valence-electron chi connectivity index (χ0n) is 20.2. The van der Waals surface area contributed by atoms with Gasteiger partial charge in [0.1, 0.15) is 5.75 Å². The van der Waals surface area contributed by atoms with Gasteiger partial charge in [0, 0.05) is 22.3 Å². The first-order valence-electron chi connectivity index (χ1n) is 12.3. The van der Waals surface area contributed by atoms with Crippen molar-refractivity contribution in [3.05, 3.63) is 95.6 Å². The molecular formula is C29H31N3O3S. The molecule has 6 nitrogen and oxygen atoms in total. The average Bonchev–Trinajstić information content (AvgIpc) is 2.93. The van der Waals surface area contributed by atoms with Crippen molar-refractivity contribution in [3.63, 3.8) is 0 Å². The third kappa shape index (κ3) is 8.27. The van der Waals surface area contributed by atoms with Gasteiger partial charge in [-0.15, -0.1) is 11.8 Å². The summed E-state index contributed by atoms with van der Waals surface area (Å²) in [4.78, 5) is 25.7.